The Balaban J connectivity index is 0.000000758. The van der Waals surface area contributed by atoms with Crippen LogP contribution in [0.25, 0.3) is 0 Å². The van der Waals surface area contributed by atoms with Crippen LogP contribution >= 0.6 is 0 Å². The standard InChI is InChI=1S/C13H21N3O3.C2HF3O2/c1-8-10(11(18)19)6-15-12(16-8)14-5-9(7-17)13(2,3)4;3-2(4,5)1(6)7/h6,9,17H,5,7H2,1-4H3,(H,18,19)(H,14,15,16);(H,6,7). The van der Waals surface area contributed by atoms with E-state index in [0.29, 0.717) is 18.2 Å². The molecule has 1 heterocycles. The van der Waals surface area contributed by atoms with Crippen LogP contribution in [0, 0.1) is 18.3 Å². The Morgan fingerprint density at radius 2 is 1.73 bits per heavy atom. The van der Waals surface area contributed by atoms with Crippen molar-refractivity contribution in [2.45, 2.75) is 33.9 Å². The first-order chi connectivity index (χ1) is 11.7. The molecule has 0 spiro atoms. The van der Waals surface area contributed by atoms with Crippen LogP contribution in [0.15, 0.2) is 6.20 Å². The molecule has 0 aliphatic heterocycles. The molecule has 0 radical (unpaired) electrons. The van der Waals surface area contributed by atoms with Crippen LogP contribution in [0.2, 0.25) is 0 Å². The highest BCUT2D eigenvalue weighted by Crippen LogP contribution is 2.25. The van der Waals surface area contributed by atoms with E-state index < -0.39 is 18.1 Å². The van der Waals surface area contributed by atoms with Crippen molar-refractivity contribution < 1.29 is 38.1 Å². The second-order valence-electron chi connectivity index (χ2n) is 6.43. The minimum Gasteiger partial charge on any atom is -0.478 e. The summed E-state index contributed by atoms with van der Waals surface area (Å²) >= 11 is 0. The number of nitrogens with zero attached hydrogens (tertiary/aromatic N) is 2. The number of hydrogen-bond acceptors (Lipinski definition) is 6. The molecule has 0 aromatic carbocycles. The van der Waals surface area contributed by atoms with Crippen LogP contribution in [0.5, 0.6) is 0 Å². The van der Waals surface area contributed by atoms with Gasteiger partial charge in [0.2, 0.25) is 5.95 Å². The van der Waals surface area contributed by atoms with E-state index >= 15 is 0 Å². The first-order valence-electron chi connectivity index (χ1n) is 7.42. The number of carboxylic acid groups (broad SMARTS) is 2. The summed E-state index contributed by atoms with van der Waals surface area (Å²) in [6, 6.07) is 0. The molecule has 1 rings (SSSR count). The highest BCUT2D eigenvalue weighted by atomic mass is 19.4. The van der Waals surface area contributed by atoms with Crippen molar-refractivity contribution in [3.8, 4) is 0 Å². The number of halogens is 3. The van der Waals surface area contributed by atoms with Crippen LogP contribution < -0.4 is 5.32 Å². The van der Waals surface area contributed by atoms with E-state index in [2.05, 4.69) is 36.1 Å². The van der Waals surface area contributed by atoms with Crippen molar-refractivity contribution in [1.29, 1.82) is 0 Å². The molecule has 11 heteroatoms. The van der Waals surface area contributed by atoms with Crippen molar-refractivity contribution in [1.82, 2.24) is 9.97 Å². The maximum atomic E-state index is 10.8. The van der Waals surface area contributed by atoms with Crippen LogP contribution in [0.1, 0.15) is 36.8 Å². The van der Waals surface area contributed by atoms with E-state index in [1.807, 2.05) is 0 Å². The molecule has 0 amide bonds. The molecule has 0 aliphatic rings. The lowest BCUT2D eigenvalue weighted by Crippen LogP contribution is -2.31. The average Bonchev–Trinajstić information content (AvgIpc) is 2.45. The fraction of sp³-hybridized carbons (Fsp3) is 0.600. The lowest BCUT2D eigenvalue weighted by molar-refractivity contribution is -0.192. The molecule has 1 aromatic heterocycles. The van der Waals surface area contributed by atoms with Crippen LogP contribution in [-0.2, 0) is 4.79 Å². The van der Waals surface area contributed by atoms with Crippen molar-refractivity contribution in [2.24, 2.45) is 11.3 Å². The van der Waals surface area contributed by atoms with Gasteiger partial charge >= 0.3 is 18.1 Å². The number of hydrogen-bond donors (Lipinski definition) is 4. The first kappa shape index (κ1) is 23.6. The summed E-state index contributed by atoms with van der Waals surface area (Å²) in [5, 5.41) is 28.4. The number of nitrogens with one attached hydrogen (secondary N) is 1. The van der Waals surface area contributed by atoms with Crippen LogP contribution in [-0.4, -0.2) is 56.6 Å². The zero-order valence-corrected chi connectivity index (χ0v) is 14.8. The summed E-state index contributed by atoms with van der Waals surface area (Å²) in [4.78, 5) is 27.8. The number of aromatic nitrogens is 2. The van der Waals surface area contributed by atoms with Gasteiger partial charge in [-0.2, -0.15) is 13.2 Å². The number of anilines is 1. The fourth-order valence-corrected chi connectivity index (χ4v) is 1.62. The van der Waals surface area contributed by atoms with Gasteiger partial charge in [0.15, 0.2) is 0 Å². The van der Waals surface area contributed by atoms with E-state index in [4.69, 9.17) is 15.0 Å². The smallest absolute Gasteiger partial charge is 0.478 e. The molecule has 0 saturated heterocycles. The Morgan fingerprint density at radius 3 is 2.04 bits per heavy atom. The van der Waals surface area contributed by atoms with Gasteiger partial charge in [-0.1, -0.05) is 20.8 Å². The third-order valence-corrected chi connectivity index (χ3v) is 3.40. The van der Waals surface area contributed by atoms with Crippen molar-refractivity contribution in [3.05, 3.63) is 17.5 Å². The zero-order chi connectivity index (χ0) is 20.7. The predicted molar refractivity (Wildman–Crippen MR) is 85.9 cm³/mol. The SMILES string of the molecule is Cc1nc(NCC(CO)C(C)(C)C)ncc1C(=O)O.O=C(O)C(F)(F)F. The third kappa shape index (κ3) is 8.10. The number of carboxylic acids is 2. The van der Waals surface area contributed by atoms with Gasteiger partial charge in [-0.15, -0.1) is 0 Å². The minimum absolute atomic E-state index is 0.0300. The fourth-order valence-electron chi connectivity index (χ4n) is 1.62. The highest BCUT2D eigenvalue weighted by molar-refractivity contribution is 5.88. The van der Waals surface area contributed by atoms with E-state index in [9.17, 15) is 23.1 Å². The van der Waals surface area contributed by atoms with Crippen molar-refractivity contribution in [2.75, 3.05) is 18.5 Å². The number of aliphatic hydroxyl groups excluding tert-OH is 1. The number of rotatable bonds is 5. The molecule has 1 aromatic rings. The van der Waals surface area contributed by atoms with Gasteiger partial charge in [0, 0.05) is 25.3 Å². The molecule has 0 saturated carbocycles. The van der Waals surface area contributed by atoms with Gasteiger partial charge in [-0.25, -0.2) is 19.6 Å². The monoisotopic (exact) mass is 381 g/mol. The number of alkyl halides is 3. The van der Waals surface area contributed by atoms with E-state index in [-0.39, 0.29) is 23.5 Å². The lowest BCUT2D eigenvalue weighted by Gasteiger charge is -2.29. The predicted octanol–water partition coefficient (Wildman–Crippen LogP) is 2.18. The van der Waals surface area contributed by atoms with Crippen LogP contribution in [0.4, 0.5) is 19.1 Å². The molecule has 148 valence electrons. The first-order valence-corrected chi connectivity index (χ1v) is 7.42. The quantitative estimate of drug-likeness (QED) is 0.610. The van der Waals surface area contributed by atoms with E-state index in [0.717, 1.165) is 0 Å². The molecular formula is C15H22F3N3O5. The molecule has 0 bridgehead atoms. The number of aliphatic hydroxyl groups is 1. The molecule has 1 unspecified atom stereocenters. The normalized spacial score (nSPS) is 12.6. The summed E-state index contributed by atoms with van der Waals surface area (Å²) in [6.07, 6.45) is -3.79. The molecule has 8 nitrogen and oxygen atoms in total. The Kier molecular flexibility index (Phi) is 8.45. The Morgan fingerprint density at radius 1 is 1.23 bits per heavy atom. The number of aliphatic carboxylic acids is 1. The molecule has 0 aliphatic carbocycles. The Labute approximate surface area is 148 Å². The van der Waals surface area contributed by atoms with E-state index in [1.165, 1.54) is 6.20 Å². The highest BCUT2D eigenvalue weighted by Gasteiger charge is 2.38. The van der Waals surface area contributed by atoms with Gasteiger partial charge in [-0.05, 0) is 12.3 Å². The Hall–Kier alpha value is -2.43. The molecular weight excluding hydrogens is 359 g/mol. The molecule has 4 N–H and O–H groups in total. The third-order valence-electron chi connectivity index (χ3n) is 3.40. The van der Waals surface area contributed by atoms with Crippen molar-refractivity contribution >= 4 is 17.9 Å². The van der Waals surface area contributed by atoms with Crippen molar-refractivity contribution in [3.63, 3.8) is 0 Å². The Bertz CT molecular complexity index is 630. The summed E-state index contributed by atoms with van der Waals surface area (Å²) in [5.41, 5.74) is 0.485. The van der Waals surface area contributed by atoms with E-state index in [1.54, 1.807) is 6.92 Å². The maximum absolute atomic E-state index is 10.8. The van der Waals surface area contributed by atoms with Gasteiger partial charge in [0.05, 0.1) is 11.3 Å². The lowest BCUT2D eigenvalue weighted by atomic mass is 9.81. The number of aromatic carboxylic acids is 1. The topological polar surface area (TPSA) is 133 Å². The molecule has 26 heavy (non-hydrogen) atoms. The summed E-state index contributed by atoms with van der Waals surface area (Å²) in [6.45, 7) is 8.39. The number of aryl methyl sites for hydroxylation is 1. The van der Waals surface area contributed by atoms with Crippen LogP contribution in [0.3, 0.4) is 0 Å². The molecule has 0 fully saturated rings. The average molecular weight is 381 g/mol. The minimum atomic E-state index is -5.08. The van der Waals surface area contributed by atoms with Gasteiger partial charge in [0.1, 0.15) is 0 Å². The summed E-state index contributed by atoms with van der Waals surface area (Å²) in [5.74, 6) is -3.35. The molecule has 1 atom stereocenters. The zero-order valence-electron chi connectivity index (χ0n) is 14.8. The maximum Gasteiger partial charge on any atom is 0.490 e. The number of carbonyl (C=O) groups is 2. The second kappa shape index (κ2) is 9.32. The summed E-state index contributed by atoms with van der Waals surface area (Å²) in [7, 11) is 0. The van der Waals surface area contributed by atoms with Gasteiger partial charge in [-0.3, -0.25) is 0 Å². The second-order valence-corrected chi connectivity index (χ2v) is 6.43. The summed E-state index contributed by atoms with van der Waals surface area (Å²) < 4.78 is 31.7. The van der Waals surface area contributed by atoms with Gasteiger partial charge < -0.3 is 20.6 Å². The van der Waals surface area contributed by atoms with Gasteiger partial charge in [0.25, 0.3) is 0 Å². The largest absolute Gasteiger partial charge is 0.490 e.